The molecular formula is C4H5ClN4O2. The highest BCUT2D eigenvalue weighted by atomic mass is 35.5. The minimum atomic E-state index is -0.630. The van der Waals surface area contributed by atoms with Crippen molar-refractivity contribution in [3.63, 3.8) is 0 Å². The van der Waals surface area contributed by atoms with Crippen LogP contribution in [0.3, 0.4) is 0 Å². The maximum absolute atomic E-state index is 10.1. The molecule has 1 aromatic heterocycles. The molecule has 0 atom stereocenters. The van der Waals surface area contributed by atoms with Crippen molar-refractivity contribution in [1.29, 1.82) is 0 Å². The molecule has 6 nitrogen and oxygen atoms in total. The van der Waals surface area contributed by atoms with Crippen molar-refractivity contribution in [2.75, 3.05) is 5.73 Å². The molecule has 2 N–H and O–H groups in total. The standard InChI is InChI=1S/C4H4N4O2.ClH/c5-4-3(8(9)10)1-6-2-7-4;/h1-2H,(H2,5,6,7);1H. The first kappa shape index (κ1) is 9.57. The first-order valence-electron chi connectivity index (χ1n) is 2.41. The summed E-state index contributed by atoms with van der Waals surface area (Å²) in [5.74, 6) is -0.111. The van der Waals surface area contributed by atoms with Gasteiger partial charge in [-0.3, -0.25) is 10.1 Å². The van der Waals surface area contributed by atoms with E-state index in [-0.39, 0.29) is 23.9 Å². The Morgan fingerprint density at radius 1 is 1.64 bits per heavy atom. The number of hydrogen-bond donors (Lipinski definition) is 1. The van der Waals surface area contributed by atoms with E-state index in [0.717, 1.165) is 12.5 Å². The van der Waals surface area contributed by atoms with E-state index >= 15 is 0 Å². The van der Waals surface area contributed by atoms with Crippen molar-refractivity contribution in [3.8, 4) is 0 Å². The van der Waals surface area contributed by atoms with Crippen molar-refractivity contribution in [2.45, 2.75) is 0 Å². The molecule has 0 aliphatic heterocycles. The fourth-order valence-electron chi connectivity index (χ4n) is 0.472. The second-order valence-corrected chi connectivity index (χ2v) is 1.55. The third kappa shape index (κ3) is 2.01. The van der Waals surface area contributed by atoms with Gasteiger partial charge in [0, 0.05) is 0 Å². The summed E-state index contributed by atoms with van der Waals surface area (Å²) in [5.41, 5.74) is 4.87. The van der Waals surface area contributed by atoms with Crippen molar-refractivity contribution in [1.82, 2.24) is 9.97 Å². The number of nitrogens with zero attached hydrogens (tertiary/aromatic N) is 3. The number of nitrogens with two attached hydrogens (primary N) is 1. The Labute approximate surface area is 68.0 Å². The van der Waals surface area contributed by atoms with Gasteiger partial charge < -0.3 is 5.73 Å². The average Bonchev–Trinajstić information content (AvgIpc) is 1.88. The van der Waals surface area contributed by atoms with Crippen molar-refractivity contribution < 1.29 is 4.92 Å². The Bertz CT molecular complexity index is 266. The second-order valence-electron chi connectivity index (χ2n) is 1.55. The smallest absolute Gasteiger partial charge is 0.329 e. The third-order valence-electron chi connectivity index (χ3n) is 0.919. The Morgan fingerprint density at radius 2 is 2.27 bits per heavy atom. The van der Waals surface area contributed by atoms with Crippen LogP contribution in [0.15, 0.2) is 12.5 Å². The van der Waals surface area contributed by atoms with Crippen LogP contribution >= 0.6 is 12.4 Å². The number of halogens is 1. The normalized spacial score (nSPS) is 8.36. The zero-order chi connectivity index (χ0) is 7.56. The average molecular weight is 177 g/mol. The molecule has 0 aliphatic rings. The van der Waals surface area contributed by atoms with Gasteiger partial charge in [0.1, 0.15) is 12.5 Å². The molecule has 0 spiro atoms. The number of nitro groups is 1. The van der Waals surface area contributed by atoms with Crippen LogP contribution in [-0.4, -0.2) is 14.9 Å². The van der Waals surface area contributed by atoms with Gasteiger partial charge in [-0.25, -0.2) is 9.97 Å². The highest BCUT2D eigenvalue weighted by Crippen LogP contribution is 2.13. The second kappa shape index (κ2) is 3.67. The van der Waals surface area contributed by atoms with Gasteiger partial charge in [0.15, 0.2) is 0 Å². The van der Waals surface area contributed by atoms with Crippen molar-refractivity contribution >= 4 is 23.9 Å². The molecule has 0 saturated heterocycles. The number of nitrogen functional groups attached to an aromatic ring is 1. The molecule has 11 heavy (non-hydrogen) atoms. The highest BCUT2D eigenvalue weighted by molar-refractivity contribution is 5.85. The van der Waals surface area contributed by atoms with Crippen LogP contribution in [0.1, 0.15) is 0 Å². The number of aromatic nitrogens is 2. The van der Waals surface area contributed by atoms with Crippen LogP contribution < -0.4 is 5.73 Å². The lowest BCUT2D eigenvalue weighted by Crippen LogP contribution is -1.98. The van der Waals surface area contributed by atoms with E-state index in [1.807, 2.05) is 0 Å². The molecule has 0 saturated carbocycles. The van der Waals surface area contributed by atoms with Gasteiger partial charge in [0.05, 0.1) is 4.92 Å². The lowest BCUT2D eigenvalue weighted by Gasteiger charge is -1.91. The van der Waals surface area contributed by atoms with Crippen LogP contribution in [0.4, 0.5) is 11.5 Å². The fraction of sp³-hybridized carbons (Fsp3) is 0. The quantitative estimate of drug-likeness (QED) is 0.493. The summed E-state index contributed by atoms with van der Waals surface area (Å²) >= 11 is 0. The minimum Gasteiger partial charge on any atom is -0.378 e. The molecule has 1 rings (SSSR count). The molecule has 0 aromatic carbocycles. The maximum Gasteiger partial charge on any atom is 0.329 e. The van der Waals surface area contributed by atoms with E-state index in [1.54, 1.807) is 0 Å². The molecular weight excluding hydrogens is 172 g/mol. The summed E-state index contributed by atoms with van der Waals surface area (Å²) in [4.78, 5) is 16.3. The maximum atomic E-state index is 10.1. The summed E-state index contributed by atoms with van der Waals surface area (Å²) < 4.78 is 0. The Balaban J connectivity index is 0.000001000. The van der Waals surface area contributed by atoms with E-state index in [4.69, 9.17) is 5.73 Å². The van der Waals surface area contributed by atoms with Crippen LogP contribution in [-0.2, 0) is 0 Å². The molecule has 0 unspecified atom stereocenters. The number of anilines is 1. The summed E-state index contributed by atoms with van der Waals surface area (Å²) in [5, 5.41) is 10.1. The zero-order valence-electron chi connectivity index (χ0n) is 5.30. The van der Waals surface area contributed by atoms with E-state index in [9.17, 15) is 10.1 Å². The first-order chi connectivity index (χ1) is 4.72. The Hall–Kier alpha value is -1.43. The molecule has 0 fully saturated rings. The lowest BCUT2D eigenvalue weighted by atomic mass is 10.5. The molecule has 1 aromatic rings. The summed E-state index contributed by atoms with van der Waals surface area (Å²) in [6, 6.07) is 0. The first-order valence-corrected chi connectivity index (χ1v) is 2.41. The van der Waals surface area contributed by atoms with E-state index in [0.29, 0.717) is 0 Å². The minimum absolute atomic E-state index is 0. The largest absolute Gasteiger partial charge is 0.378 e. The molecule has 0 bridgehead atoms. The van der Waals surface area contributed by atoms with Crippen LogP contribution in [0.2, 0.25) is 0 Å². The molecule has 7 heteroatoms. The Morgan fingerprint density at radius 3 is 2.64 bits per heavy atom. The van der Waals surface area contributed by atoms with Crippen molar-refractivity contribution in [2.24, 2.45) is 0 Å². The van der Waals surface area contributed by atoms with Gasteiger partial charge >= 0.3 is 5.69 Å². The summed E-state index contributed by atoms with van der Waals surface area (Å²) in [7, 11) is 0. The summed E-state index contributed by atoms with van der Waals surface area (Å²) in [6.07, 6.45) is 2.21. The molecule has 0 aliphatic carbocycles. The Kier molecular flexibility index (Phi) is 3.19. The SMILES string of the molecule is Cl.Nc1ncncc1[N+](=O)[O-]. The number of rotatable bonds is 1. The molecule has 1 heterocycles. The van der Waals surface area contributed by atoms with E-state index in [2.05, 4.69) is 9.97 Å². The van der Waals surface area contributed by atoms with E-state index in [1.165, 1.54) is 0 Å². The zero-order valence-corrected chi connectivity index (χ0v) is 6.11. The van der Waals surface area contributed by atoms with Gasteiger partial charge in [-0.15, -0.1) is 12.4 Å². The third-order valence-corrected chi connectivity index (χ3v) is 0.919. The molecule has 60 valence electrons. The lowest BCUT2D eigenvalue weighted by molar-refractivity contribution is -0.384. The van der Waals surface area contributed by atoms with Crippen LogP contribution in [0.5, 0.6) is 0 Å². The molecule has 0 radical (unpaired) electrons. The molecule has 0 amide bonds. The number of hydrogen-bond acceptors (Lipinski definition) is 5. The fourth-order valence-corrected chi connectivity index (χ4v) is 0.472. The van der Waals surface area contributed by atoms with Gasteiger partial charge in [-0.05, 0) is 0 Å². The predicted octanol–water partition coefficient (Wildman–Crippen LogP) is 0.389. The van der Waals surface area contributed by atoms with Gasteiger partial charge in [0.2, 0.25) is 5.82 Å². The van der Waals surface area contributed by atoms with Crippen molar-refractivity contribution in [3.05, 3.63) is 22.6 Å². The van der Waals surface area contributed by atoms with Crippen LogP contribution in [0, 0.1) is 10.1 Å². The predicted molar refractivity (Wildman–Crippen MR) is 40.3 cm³/mol. The van der Waals surface area contributed by atoms with Crippen LogP contribution in [0.25, 0.3) is 0 Å². The van der Waals surface area contributed by atoms with Gasteiger partial charge in [-0.2, -0.15) is 0 Å². The highest BCUT2D eigenvalue weighted by Gasteiger charge is 2.10. The van der Waals surface area contributed by atoms with Gasteiger partial charge in [0.25, 0.3) is 0 Å². The van der Waals surface area contributed by atoms with Gasteiger partial charge in [-0.1, -0.05) is 0 Å². The summed E-state index contributed by atoms with van der Waals surface area (Å²) in [6.45, 7) is 0. The van der Waals surface area contributed by atoms with E-state index < -0.39 is 4.92 Å². The topological polar surface area (TPSA) is 94.9 Å². The monoisotopic (exact) mass is 176 g/mol.